The van der Waals surface area contributed by atoms with Crippen LogP contribution in [0, 0.1) is 5.92 Å². The Labute approximate surface area is 132 Å². The van der Waals surface area contributed by atoms with Gasteiger partial charge in [0, 0.05) is 12.2 Å². The van der Waals surface area contributed by atoms with E-state index in [9.17, 15) is 9.90 Å². The highest BCUT2D eigenvalue weighted by Crippen LogP contribution is 2.34. The van der Waals surface area contributed by atoms with E-state index in [0.717, 1.165) is 0 Å². The van der Waals surface area contributed by atoms with E-state index in [-0.39, 0.29) is 11.9 Å². The third-order valence-corrected chi connectivity index (χ3v) is 3.53. The van der Waals surface area contributed by atoms with E-state index in [0.29, 0.717) is 30.1 Å². The van der Waals surface area contributed by atoms with Gasteiger partial charge in [-0.2, -0.15) is 0 Å². The molecule has 22 heavy (non-hydrogen) atoms. The maximum atomic E-state index is 12.0. The van der Waals surface area contributed by atoms with Gasteiger partial charge in [-0.3, -0.25) is 4.79 Å². The zero-order valence-corrected chi connectivity index (χ0v) is 14.0. The van der Waals surface area contributed by atoms with E-state index in [1.807, 2.05) is 20.8 Å². The number of benzene rings is 1. The summed E-state index contributed by atoms with van der Waals surface area (Å²) in [5, 5.41) is 9.97. The van der Waals surface area contributed by atoms with Gasteiger partial charge in [0.1, 0.15) is 17.6 Å². The molecule has 1 aromatic carbocycles. The van der Waals surface area contributed by atoms with Gasteiger partial charge in [0.15, 0.2) is 0 Å². The molecule has 0 aromatic heterocycles. The van der Waals surface area contributed by atoms with E-state index in [2.05, 4.69) is 0 Å². The molecule has 5 heteroatoms. The summed E-state index contributed by atoms with van der Waals surface area (Å²) in [6.07, 6.45) is -0.622. The van der Waals surface area contributed by atoms with Crippen LogP contribution in [0.25, 0.3) is 0 Å². The number of esters is 1. The largest absolute Gasteiger partial charge is 0.497 e. The van der Waals surface area contributed by atoms with Crippen molar-refractivity contribution >= 4 is 5.97 Å². The predicted molar refractivity (Wildman–Crippen MR) is 84.1 cm³/mol. The van der Waals surface area contributed by atoms with Crippen LogP contribution >= 0.6 is 0 Å². The molecule has 0 amide bonds. The van der Waals surface area contributed by atoms with Crippen LogP contribution in [0.3, 0.4) is 0 Å². The standard InChI is InChI=1S/C17H26O5/c1-6-11(3)17(19)22-15-9-8-13(20-5)10-14(15)16(12(4)18)21-7-2/h8-12,16,18H,6-7H2,1-5H3/t11-,12+,16+/m1/s1. The lowest BCUT2D eigenvalue weighted by atomic mass is 10.0. The summed E-state index contributed by atoms with van der Waals surface area (Å²) in [6.45, 7) is 7.67. The summed E-state index contributed by atoms with van der Waals surface area (Å²) in [7, 11) is 1.56. The van der Waals surface area contributed by atoms with Crippen molar-refractivity contribution in [2.45, 2.75) is 46.3 Å². The molecule has 0 fully saturated rings. The van der Waals surface area contributed by atoms with Gasteiger partial charge >= 0.3 is 5.97 Å². The van der Waals surface area contributed by atoms with Crippen molar-refractivity contribution in [2.75, 3.05) is 13.7 Å². The zero-order chi connectivity index (χ0) is 16.7. The fraction of sp³-hybridized carbons (Fsp3) is 0.588. The van der Waals surface area contributed by atoms with Gasteiger partial charge in [-0.05, 0) is 38.5 Å². The summed E-state index contributed by atoms with van der Waals surface area (Å²) in [5.41, 5.74) is 0.604. The van der Waals surface area contributed by atoms with Gasteiger partial charge in [0.05, 0.1) is 19.1 Å². The molecule has 5 nitrogen and oxygen atoms in total. The zero-order valence-electron chi connectivity index (χ0n) is 14.0. The Morgan fingerprint density at radius 2 is 1.95 bits per heavy atom. The molecule has 0 aliphatic rings. The Bertz CT molecular complexity index is 484. The molecule has 3 atom stereocenters. The molecular formula is C17H26O5. The lowest BCUT2D eigenvalue weighted by molar-refractivity contribution is -0.138. The van der Waals surface area contributed by atoms with Crippen LogP contribution in [0.1, 0.15) is 45.8 Å². The summed E-state index contributed by atoms with van der Waals surface area (Å²) < 4.78 is 16.3. The van der Waals surface area contributed by atoms with Crippen molar-refractivity contribution in [3.05, 3.63) is 23.8 Å². The van der Waals surface area contributed by atoms with Crippen LogP contribution in [-0.2, 0) is 9.53 Å². The fourth-order valence-corrected chi connectivity index (χ4v) is 2.01. The third kappa shape index (κ3) is 4.71. The van der Waals surface area contributed by atoms with Crippen LogP contribution in [0.2, 0.25) is 0 Å². The van der Waals surface area contributed by atoms with Crippen LogP contribution in [0.4, 0.5) is 0 Å². The summed E-state index contributed by atoms with van der Waals surface area (Å²) in [4.78, 5) is 12.0. The van der Waals surface area contributed by atoms with Crippen molar-refractivity contribution in [1.29, 1.82) is 0 Å². The van der Waals surface area contributed by atoms with E-state index in [1.54, 1.807) is 32.2 Å². The number of carbonyl (C=O) groups is 1. The van der Waals surface area contributed by atoms with Gasteiger partial charge in [-0.25, -0.2) is 0 Å². The molecule has 0 bridgehead atoms. The lowest BCUT2D eigenvalue weighted by Crippen LogP contribution is -2.22. The molecule has 0 heterocycles. The lowest BCUT2D eigenvalue weighted by Gasteiger charge is -2.23. The number of rotatable bonds is 8. The van der Waals surface area contributed by atoms with Crippen LogP contribution < -0.4 is 9.47 Å². The number of aliphatic hydroxyl groups excluding tert-OH is 1. The number of methoxy groups -OCH3 is 1. The van der Waals surface area contributed by atoms with E-state index < -0.39 is 12.2 Å². The second-order valence-corrected chi connectivity index (χ2v) is 5.25. The predicted octanol–water partition coefficient (Wildman–Crippen LogP) is 3.11. The molecule has 0 saturated heterocycles. The van der Waals surface area contributed by atoms with E-state index >= 15 is 0 Å². The van der Waals surface area contributed by atoms with Gasteiger partial charge < -0.3 is 19.3 Å². The van der Waals surface area contributed by atoms with E-state index in [1.165, 1.54) is 0 Å². The molecule has 1 aromatic rings. The number of aliphatic hydroxyl groups is 1. The van der Waals surface area contributed by atoms with Crippen molar-refractivity contribution < 1.29 is 24.1 Å². The topological polar surface area (TPSA) is 65.0 Å². The molecule has 0 radical (unpaired) electrons. The van der Waals surface area contributed by atoms with E-state index in [4.69, 9.17) is 14.2 Å². The normalized spacial score (nSPS) is 15.0. The van der Waals surface area contributed by atoms with Crippen molar-refractivity contribution in [1.82, 2.24) is 0 Å². The minimum Gasteiger partial charge on any atom is -0.497 e. The minimum atomic E-state index is -0.742. The fourth-order valence-electron chi connectivity index (χ4n) is 2.01. The van der Waals surface area contributed by atoms with Crippen LogP contribution in [0.5, 0.6) is 11.5 Å². The maximum absolute atomic E-state index is 12.0. The second-order valence-electron chi connectivity index (χ2n) is 5.25. The minimum absolute atomic E-state index is 0.188. The molecule has 0 unspecified atom stereocenters. The monoisotopic (exact) mass is 310 g/mol. The van der Waals surface area contributed by atoms with Crippen molar-refractivity contribution in [2.24, 2.45) is 5.92 Å². The Balaban J connectivity index is 3.17. The number of hydrogen-bond acceptors (Lipinski definition) is 5. The highest BCUT2D eigenvalue weighted by atomic mass is 16.5. The first kappa shape index (κ1) is 18.5. The molecule has 1 rings (SSSR count). The number of carbonyl (C=O) groups excluding carboxylic acids is 1. The molecule has 0 aliphatic heterocycles. The van der Waals surface area contributed by atoms with Gasteiger partial charge in [0.2, 0.25) is 0 Å². The first-order valence-corrected chi connectivity index (χ1v) is 7.63. The second kappa shape index (κ2) is 8.76. The molecule has 1 N–H and O–H groups in total. The molecule has 0 saturated carbocycles. The van der Waals surface area contributed by atoms with Gasteiger partial charge in [-0.15, -0.1) is 0 Å². The summed E-state index contributed by atoms with van der Waals surface area (Å²) in [6, 6.07) is 5.11. The maximum Gasteiger partial charge on any atom is 0.314 e. The highest BCUT2D eigenvalue weighted by molar-refractivity contribution is 5.75. The molecule has 124 valence electrons. The van der Waals surface area contributed by atoms with Crippen molar-refractivity contribution in [3.8, 4) is 11.5 Å². The SMILES string of the molecule is CCO[C@H](c1cc(OC)ccc1OC(=O)[C@H](C)CC)[C@H](C)O. The first-order valence-electron chi connectivity index (χ1n) is 7.63. The Kier molecular flexibility index (Phi) is 7.35. The Morgan fingerprint density at radius 3 is 2.45 bits per heavy atom. The Hall–Kier alpha value is -1.59. The summed E-state index contributed by atoms with van der Waals surface area (Å²) in [5.74, 6) is 0.524. The first-order chi connectivity index (χ1) is 10.4. The Morgan fingerprint density at radius 1 is 1.27 bits per heavy atom. The quantitative estimate of drug-likeness (QED) is 0.590. The average Bonchev–Trinajstić information content (AvgIpc) is 2.51. The molecule has 0 spiro atoms. The number of ether oxygens (including phenoxy) is 3. The highest BCUT2D eigenvalue weighted by Gasteiger charge is 2.24. The molecular weight excluding hydrogens is 284 g/mol. The van der Waals surface area contributed by atoms with Gasteiger partial charge in [0.25, 0.3) is 0 Å². The van der Waals surface area contributed by atoms with Crippen LogP contribution in [0.15, 0.2) is 18.2 Å². The third-order valence-electron chi connectivity index (χ3n) is 3.53. The number of hydrogen-bond donors (Lipinski definition) is 1. The van der Waals surface area contributed by atoms with Crippen molar-refractivity contribution in [3.63, 3.8) is 0 Å². The summed E-state index contributed by atoms with van der Waals surface area (Å²) >= 11 is 0. The van der Waals surface area contributed by atoms with Crippen LogP contribution in [-0.4, -0.2) is 30.9 Å². The average molecular weight is 310 g/mol. The smallest absolute Gasteiger partial charge is 0.314 e. The van der Waals surface area contributed by atoms with Gasteiger partial charge in [-0.1, -0.05) is 13.8 Å². The molecule has 0 aliphatic carbocycles.